The molecule has 2 heterocycles. The Morgan fingerprint density at radius 1 is 1.19 bits per heavy atom. The smallest absolute Gasteiger partial charge is 0.350 e. The van der Waals surface area contributed by atoms with E-state index >= 15 is 0 Å². The van der Waals surface area contributed by atoms with Gasteiger partial charge in [-0.3, -0.25) is 4.79 Å². The number of aryl methyl sites for hydroxylation is 2. The Morgan fingerprint density at radius 3 is 2.56 bits per heavy atom. The molecule has 1 aromatic heterocycles. The highest BCUT2D eigenvalue weighted by molar-refractivity contribution is 5.70. The molecule has 1 atom stereocenters. The number of nitrogens with zero attached hydrogens (tertiary/aromatic N) is 3. The summed E-state index contributed by atoms with van der Waals surface area (Å²) in [7, 11) is 0. The quantitative estimate of drug-likeness (QED) is 0.486. The first kappa shape index (κ1) is 24.2. The molecule has 1 aliphatic heterocycles. The average molecular weight is 443 g/mol. The minimum atomic E-state index is -0.729. The monoisotopic (exact) mass is 442 g/mol. The Labute approximate surface area is 190 Å². The molecule has 0 aliphatic carbocycles. The van der Waals surface area contributed by atoms with Crippen LogP contribution in [-0.4, -0.2) is 38.5 Å². The third kappa shape index (κ3) is 6.55. The Morgan fingerprint density at radius 2 is 1.91 bits per heavy atom. The maximum atomic E-state index is 13.0. The minimum absolute atomic E-state index is 0.108. The Bertz CT molecular complexity index is 910. The SMILES string of the molecule is CCCCCCC(Cc1ccc(-n2c(C)nn(CCC3CCNCC3)c2=O)cc1)C(=O)O. The summed E-state index contributed by atoms with van der Waals surface area (Å²) in [4.78, 5) is 24.6. The lowest BCUT2D eigenvalue weighted by molar-refractivity contribution is -0.142. The van der Waals surface area contributed by atoms with Crippen molar-refractivity contribution in [3.8, 4) is 5.69 Å². The molecule has 1 fully saturated rings. The van der Waals surface area contributed by atoms with Crippen LogP contribution in [0, 0.1) is 18.8 Å². The van der Waals surface area contributed by atoms with Gasteiger partial charge in [0.15, 0.2) is 0 Å². The molecule has 0 bridgehead atoms. The van der Waals surface area contributed by atoms with Crippen molar-refractivity contribution in [1.29, 1.82) is 0 Å². The van der Waals surface area contributed by atoms with Gasteiger partial charge in [-0.15, -0.1) is 0 Å². The summed E-state index contributed by atoms with van der Waals surface area (Å²) in [6.07, 6.45) is 8.86. The summed E-state index contributed by atoms with van der Waals surface area (Å²) in [6.45, 7) is 6.77. The number of rotatable bonds is 12. The number of carbonyl (C=O) groups is 1. The van der Waals surface area contributed by atoms with Gasteiger partial charge < -0.3 is 10.4 Å². The zero-order valence-electron chi connectivity index (χ0n) is 19.6. The van der Waals surface area contributed by atoms with Gasteiger partial charge in [-0.1, -0.05) is 44.7 Å². The van der Waals surface area contributed by atoms with Crippen molar-refractivity contribution < 1.29 is 9.90 Å². The molecule has 3 rings (SSSR count). The van der Waals surface area contributed by atoms with Gasteiger partial charge in [0, 0.05) is 6.54 Å². The van der Waals surface area contributed by atoms with Crippen molar-refractivity contribution in [1.82, 2.24) is 19.7 Å². The Balaban J connectivity index is 1.64. The molecule has 176 valence electrons. The van der Waals surface area contributed by atoms with Crippen LogP contribution in [0.15, 0.2) is 29.1 Å². The molecule has 0 amide bonds. The van der Waals surface area contributed by atoms with Crippen LogP contribution in [0.5, 0.6) is 0 Å². The maximum Gasteiger partial charge on any atom is 0.350 e. The molecular formula is C25H38N4O3. The highest BCUT2D eigenvalue weighted by atomic mass is 16.4. The van der Waals surface area contributed by atoms with E-state index < -0.39 is 5.97 Å². The van der Waals surface area contributed by atoms with E-state index in [-0.39, 0.29) is 11.6 Å². The van der Waals surface area contributed by atoms with Gasteiger partial charge in [0.05, 0.1) is 11.6 Å². The number of nitrogens with one attached hydrogen (secondary N) is 1. The molecule has 0 saturated carbocycles. The van der Waals surface area contributed by atoms with Crippen molar-refractivity contribution in [2.45, 2.75) is 78.2 Å². The van der Waals surface area contributed by atoms with E-state index in [9.17, 15) is 14.7 Å². The van der Waals surface area contributed by atoms with Crippen LogP contribution in [0.2, 0.25) is 0 Å². The summed E-state index contributed by atoms with van der Waals surface area (Å²) in [6, 6.07) is 7.68. The van der Waals surface area contributed by atoms with Gasteiger partial charge in [-0.25, -0.2) is 14.0 Å². The van der Waals surface area contributed by atoms with Crippen molar-refractivity contribution >= 4 is 5.97 Å². The summed E-state index contributed by atoms with van der Waals surface area (Å²) in [5.41, 5.74) is 1.66. The van der Waals surface area contributed by atoms with E-state index in [1.165, 1.54) is 0 Å². The summed E-state index contributed by atoms with van der Waals surface area (Å²) < 4.78 is 3.23. The first-order valence-electron chi connectivity index (χ1n) is 12.2. The number of piperidine rings is 1. The van der Waals surface area contributed by atoms with E-state index in [0.717, 1.165) is 69.3 Å². The van der Waals surface area contributed by atoms with Crippen molar-refractivity contribution in [3.05, 3.63) is 46.1 Å². The van der Waals surface area contributed by atoms with Gasteiger partial charge in [0.2, 0.25) is 0 Å². The molecule has 1 unspecified atom stereocenters. The van der Waals surface area contributed by atoms with Crippen LogP contribution in [0.1, 0.15) is 69.7 Å². The molecule has 7 heteroatoms. The average Bonchev–Trinajstić information content (AvgIpc) is 3.08. The van der Waals surface area contributed by atoms with E-state index in [2.05, 4.69) is 17.3 Å². The molecule has 0 spiro atoms. The topological polar surface area (TPSA) is 89.2 Å². The third-order valence-electron chi connectivity index (χ3n) is 6.64. The molecule has 1 aliphatic rings. The summed E-state index contributed by atoms with van der Waals surface area (Å²) in [5.74, 6) is 0.233. The highest BCUT2D eigenvalue weighted by Gasteiger charge is 2.19. The molecule has 0 radical (unpaired) electrons. The minimum Gasteiger partial charge on any atom is -0.481 e. The molecule has 2 N–H and O–H groups in total. The van der Waals surface area contributed by atoms with Crippen LogP contribution in [0.25, 0.3) is 5.69 Å². The normalized spacial score (nSPS) is 15.7. The Hall–Kier alpha value is -2.41. The van der Waals surface area contributed by atoms with E-state index in [1.54, 1.807) is 9.25 Å². The fraction of sp³-hybridized carbons (Fsp3) is 0.640. The first-order chi connectivity index (χ1) is 15.5. The second kappa shape index (κ2) is 12.0. The predicted octanol–water partition coefficient (Wildman–Crippen LogP) is 3.95. The van der Waals surface area contributed by atoms with Gasteiger partial charge >= 0.3 is 11.7 Å². The molecule has 32 heavy (non-hydrogen) atoms. The fourth-order valence-electron chi connectivity index (χ4n) is 4.63. The van der Waals surface area contributed by atoms with Crippen LogP contribution < -0.4 is 11.0 Å². The number of hydrogen-bond donors (Lipinski definition) is 2. The lowest BCUT2D eigenvalue weighted by atomic mass is 9.93. The zero-order valence-corrected chi connectivity index (χ0v) is 19.6. The lowest BCUT2D eigenvalue weighted by Crippen LogP contribution is -2.30. The van der Waals surface area contributed by atoms with E-state index in [4.69, 9.17) is 0 Å². The number of aliphatic carboxylic acids is 1. The third-order valence-corrected chi connectivity index (χ3v) is 6.64. The molecule has 7 nitrogen and oxygen atoms in total. The first-order valence-corrected chi connectivity index (χ1v) is 12.2. The van der Waals surface area contributed by atoms with Gasteiger partial charge in [-0.2, -0.15) is 5.10 Å². The van der Waals surface area contributed by atoms with Gasteiger partial charge in [-0.05, 0) is 75.7 Å². The van der Waals surface area contributed by atoms with E-state index in [0.29, 0.717) is 31.1 Å². The lowest BCUT2D eigenvalue weighted by Gasteiger charge is -2.22. The number of benzene rings is 1. The maximum absolute atomic E-state index is 13.0. The number of hydrogen-bond acceptors (Lipinski definition) is 4. The second-order valence-corrected chi connectivity index (χ2v) is 9.13. The second-order valence-electron chi connectivity index (χ2n) is 9.13. The zero-order chi connectivity index (χ0) is 22.9. The van der Waals surface area contributed by atoms with Crippen LogP contribution in [-0.2, 0) is 17.8 Å². The highest BCUT2D eigenvalue weighted by Crippen LogP contribution is 2.19. The van der Waals surface area contributed by atoms with Crippen molar-refractivity contribution in [3.63, 3.8) is 0 Å². The predicted molar refractivity (Wildman–Crippen MR) is 126 cm³/mol. The number of aromatic nitrogens is 3. The van der Waals surface area contributed by atoms with Crippen LogP contribution in [0.4, 0.5) is 0 Å². The molecule has 1 saturated heterocycles. The summed E-state index contributed by atoms with van der Waals surface area (Å²) in [5, 5.41) is 17.4. The number of carboxylic acid groups (broad SMARTS) is 1. The van der Waals surface area contributed by atoms with Crippen LogP contribution >= 0.6 is 0 Å². The van der Waals surface area contributed by atoms with Crippen molar-refractivity contribution in [2.75, 3.05) is 13.1 Å². The Kier molecular flexibility index (Phi) is 9.09. The number of unbranched alkanes of at least 4 members (excludes halogenated alkanes) is 3. The standard InChI is InChI=1S/C25H38N4O3/c1-3-4-5-6-7-22(24(30)31)18-21-8-10-23(11-9-21)29-19(2)27-28(25(29)32)17-14-20-12-15-26-16-13-20/h8-11,20,22,26H,3-7,12-18H2,1-2H3,(H,30,31). The molecule has 1 aromatic carbocycles. The summed E-state index contributed by atoms with van der Waals surface area (Å²) >= 11 is 0. The van der Waals surface area contributed by atoms with Gasteiger partial charge in [0.1, 0.15) is 5.82 Å². The fourth-order valence-corrected chi connectivity index (χ4v) is 4.63. The van der Waals surface area contributed by atoms with E-state index in [1.807, 2.05) is 31.2 Å². The largest absolute Gasteiger partial charge is 0.481 e. The van der Waals surface area contributed by atoms with Crippen LogP contribution in [0.3, 0.4) is 0 Å². The van der Waals surface area contributed by atoms with Gasteiger partial charge in [0.25, 0.3) is 0 Å². The number of carboxylic acids is 1. The van der Waals surface area contributed by atoms with Crippen molar-refractivity contribution in [2.24, 2.45) is 11.8 Å². The molecule has 2 aromatic rings. The molecular weight excluding hydrogens is 404 g/mol.